The minimum Gasteiger partial charge on any atom is -0.480 e. The third-order valence-electron chi connectivity index (χ3n) is 3.94. The van der Waals surface area contributed by atoms with Gasteiger partial charge in [-0.1, -0.05) is 0 Å². The molecule has 0 unspecified atom stereocenters. The number of hydrogen-bond donors (Lipinski definition) is 4. The summed E-state index contributed by atoms with van der Waals surface area (Å²) in [6.07, 6.45) is 2.23. The molecule has 0 aromatic carbocycles. The smallest absolute Gasteiger partial charge is 0.322 e. The number of hydrogen-bond acceptors (Lipinski definition) is 6. The summed E-state index contributed by atoms with van der Waals surface area (Å²) < 4.78 is 4.68. The SMILES string of the molecule is COC(=O)C1CCC(C(=O)NCC(=O)NCC(=O)NCC(=O)O)CC1. The second-order valence-electron chi connectivity index (χ2n) is 5.74. The van der Waals surface area contributed by atoms with Gasteiger partial charge in [-0.05, 0) is 25.7 Å². The highest BCUT2D eigenvalue weighted by molar-refractivity contribution is 5.89. The van der Waals surface area contributed by atoms with Crippen LogP contribution in [0.4, 0.5) is 0 Å². The van der Waals surface area contributed by atoms with Gasteiger partial charge in [0.05, 0.1) is 26.1 Å². The number of carbonyl (C=O) groups excluding carboxylic acids is 4. The van der Waals surface area contributed by atoms with Crippen molar-refractivity contribution >= 4 is 29.7 Å². The zero-order valence-electron chi connectivity index (χ0n) is 14.0. The summed E-state index contributed by atoms with van der Waals surface area (Å²) in [6, 6.07) is 0. The summed E-state index contributed by atoms with van der Waals surface area (Å²) in [5, 5.41) is 15.3. The predicted octanol–water partition coefficient (Wildman–Crippen LogP) is -1.60. The van der Waals surface area contributed by atoms with E-state index in [1.165, 1.54) is 7.11 Å². The molecule has 1 saturated carbocycles. The molecule has 1 aliphatic rings. The van der Waals surface area contributed by atoms with Gasteiger partial charge in [0.15, 0.2) is 0 Å². The van der Waals surface area contributed by atoms with Gasteiger partial charge in [0.25, 0.3) is 0 Å². The van der Waals surface area contributed by atoms with Gasteiger partial charge in [-0.2, -0.15) is 0 Å². The van der Waals surface area contributed by atoms with Crippen LogP contribution in [0.1, 0.15) is 25.7 Å². The standard InChI is InChI=1S/C15H23N3O7/c1-25-15(24)10-4-2-9(3-5-10)14(23)18-7-12(20)16-6-11(19)17-8-13(21)22/h9-10H,2-8H2,1H3,(H,16,20)(H,17,19)(H,18,23)(H,21,22). The molecule has 0 spiro atoms. The number of carboxylic acids is 1. The Hall–Kier alpha value is -2.65. The largest absolute Gasteiger partial charge is 0.480 e. The molecule has 140 valence electrons. The van der Waals surface area contributed by atoms with Crippen LogP contribution in [0.3, 0.4) is 0 Å². The molecule has 1 rings (SSSR count). The van der Waals surface area contributed by atoms with Gasteiger partial charge < -0.3 is 25.8 Å². The van der Waals surface area contributed by atoms with E-state index in [-0.39, 0.29) is 36.8 Å². The monoisotopic (exact) mass is 357 g/mol. The first-order valence-corrected chi connectivity index (χ1v) is 7.94. The number of carboxylic acid groups (broad SMARTS) is 1. The molecular weight excluding hydrogens is 334 g/mol. The van der Waals surface area contributed by atoms with Crippen LogP contribution in [0, 0.1) is 11.8 Å². The summed E-state index contributed by atoms with van der Waals surface area (Å²) >= 11 is 0. The van der Waals surface area contributed by atoms with E-state index >= 15 is 0 Å². The lowest BCUT2D eigenvalue weighted by molar-refractivity contribution is -0.147. The van der Waals surface area contributed by atoms with E-state index in [2.05, 4.69) is 20.7 Å². The van der Waals surface area contributed by atoms with Crippen LogP contribution in [0.15, 0.2) is 0 Å². The highest BCUT2D eigenvalue weighted by atomic mass is 16.5. The van der Waals surface area contributed by atoms with E-state index in [1.54, 1.807) is 0 Å². The zero-order chi connectivity index (χ0) is 18.8. The number of amides is 3. The maximum atomic E-state index is 12.0. The highest BCUT2D eigenvalue weighted by Gasteiger charge is 2.30. The average molecular weight is 357 g/mol. The van der Waals surface area contributed by atoms with Crippen molar-refractivity contribution in [1.82, 2.24) is 16.0 Å². The highest BCUT2D eigenvalue weighted by Crippen LogP contribution is 2.29. The Bertz CT molecular complexity index is 527. The topological polar surface area (TPSA) is 151 Å². The summed E-state index contributed by atoms with van der Waals surface area (Å²) in [7, 11) is 1.33. The van der Waals surface area contributed by atoms with Crippen molar-refractivity contribution in [2.75, 3.05) is 26.7 Å². The second kappa shape index (κ2) is 10.3. The number of esters is 1. The fourth-order valence-corrected chi connectivity index (χ4v) is 2.55. The van der Waals surface area contributed by atoms with Crippen molar-refractivity contribution in [2.45, 2.75) is 25.7 Å². The molecule has 10 heteroatoms. The second-order valence-corrected chi connectivity index (χ2v) is 5.74. The first kappa shape index (κ1) is 20.4. The van der Waals surface area contributed by atoms with E-state index in [4.69, 9.17) is 5.11 Å². The summed E-state index contributed by atoms with van der Waals surface area (Å²) in [6.45, 7) is -1.17. The predicted molar refractivity (Wildman–Crippen MR) is 84.1 cm³/mol. The quantitative estimate of drug-likeness (QED) is 0.382. The molecule has 0 saturated heterocycles. The number of carbonyl (C=O) groups is 5. The van der Waals surface area contributed by atoms with E-state index in [9.17, 15) is 24.0 Å². The molecule has 0 heterocycles. The van der Waals surface area contributed by atoms with Gasteiger partial charge in [-0.15, -0.1) is 0 Å². The normalized spacial score (nSPS) is 19.4. The molecule has 1 fully saturated rings. The van der Waals surface area contributed by atoms with Gasteiger partial charge in [0.1, 0.15) is 6.54 Å². The minimum absolute atomic E-state index is 0.179. The lowest BCUT2D eigenvalue weighted by atomic mass is 9.81. The fourth-order valence-electron chi connectivity index (χ4n) is 2.55. The van der Waals surface area contributed by atoms with E-state index < -0.39 is 24.3 Å². The van der Waals surface area contributed by atoms with Crippen molar-refractivity contribution in [1.29, 1.82) is 0 Å². The molecule has 10 nitrogen and oxygen atoms in total. The molecule has 0 radical (unpaired) electrons. The van der Waals surface area contributed by atoms with Crippen LogP contribution in [-0.4, -0.2) is 61.5 Å². The first-order chi connectivity index (χ1) is 11.8. The number of ether oxygens (including phenoxy) is 1. The Kier molecular flexibility index (Phi) is 8.37. The van der Waals surface area contributed by atoms with Crippen LogP contribution in [0.25, 0.3) is 0 Å². The van der Waals surface area contributed by atoms with Crippen LogP contribution in [0.5, 0.6) is 0 Å². The molecule has 3 amide bonds. The third kappa shape index (κ3) is 7.64. The molecule has 0 aliphatic heterocycles. The Balaban J connectivity index is 2.21. The van der Waals surface area contributed by atoms with E-state index in [0.29, 0.717) is 25.7 Å². The Labute approximate surface area is 144 Å². The van der Waals surface area contributed by atoms with Crippen LogP contribution in [0.2, 0.25) is 0 Å². The number of rotatable bonds is 8. The summed E-state index contributed by atoms with van der Waals surface area (Å²) in [5.41, 5.74) is 0. The number of nitrogens with one attached hydrogen (secondary N) is 3. The number of methoxy groups -OCH3 is 1. The summed E-state index contributed by atoms with van der Waals surface area (Å²) in [5.74, 6) is -3.35. The summed E-state index contributed by atoms with van der Waals surface area (Å²) in [4.78, 5) is 56.5. The van der Waals surface area contributed by atoms with Gasteiger partial charge in [-0.25, -0.2) is 0 Å². The van der Waals surface area contributed by atoms with Crippen molar-refractivity contribution in [3.05, 3.63) is 0 Å². The van der Waals surface area contributed by atoms with E-state index in [0.717, 1.165) is 0 Å². The lowest BCUT2D eigenvalue weighted by Crippen LogP contribution is -2.44. The molecular formula is C15H23N3O7. The van der Waals surface area contributed by atoms with Crippen molar-refractivity contribution in [3.63, 3.8) is 0 Å². The van der Waals surface area contributed by atoms with Crippen LogP contribution in [-0.2, 0) is 28.7 Å². The van der Waals surface area contributed by atoms with Crippen molar-refractivity contribution < 1.29 is 33.8 Å². The van der Waals surface area contributed by atoms with Gasteiger partial charge in [0, 0.05) is 5.92 Å². The van der Waals surface area contributed by atoms with Crippen molar-refractivity contribution in [2.24, 2.45) is 11.8 Å². The lowest BCUT2D eigenvalue weighted by Gasteiger charge is -2.25. The molecule has 0 aromatic heterocycles. The third-order valence-corrected chi connectivity index (χ3v) is 3.94. The van der Waals surface area contributed by atoms with E-state index in [1.807, 2.05) is 0 Å². The van der Waals surface area contributed by atoms with Crippen LogP contribution < -0.4 is 16.0 Å². The maximum Gasteiger partial charge on any atom is 0.322 e. The Morgan fingerprint density at radius 3 is 1.84 bits per heavy atom. The first-order valence-electron chi connectivity index (χ1n) is 7.94. The molecule has 0 aromatic rings. The molecule has 25 heavy (non-hydrogen) atoms. The molecule has 0 bridgehead atoms. The fraction of sp³-hybridized carbons (Fsp3) is 0.667. The Morgan fingerprint density at radius 1 is 0.840 bits per heavy atom. The van der Waals surface area contributed by atoms with Gasteiger partial charge in [-0.3, -0.25) is 24.0 Å². The van der Waals surface area contributed by atoms with Crippen molar-refractivity contribution in [3.8, 4) is 0 Å². The maximum absolute atomic E-state index is 12.0. The molecule has 4 N–H and O–H groups in total. The number of aliphatic carboxylic acids is 1. The van der Waals surface area contributed by atoms with Gasteiger partial charge >= 0.3 is 11.9 Å². The molecule has 1 aliphatic carbocycles. The average Bonchev–Trinajstić information content (AvgIpc) is 2.62. The zero-order valence-corrected chi connectivity index (χ0v) is 14.0. The molecule has 0 atom stereocenters. The Morgan fingerprint density at radius 2 is 1.32 bits per heavy atom. The van der Waals surface area contributed by atoms with Gasteiger partial charge in [0.2, 0.25) is 17.7 Å². The minimum atomic E-state index is -1.19. The van der Waals surface area contributed by atoms with Crippen LogP contribution >= 0.6 is 0 Å².